The molecule has 0 saturated heterocycles. The molecule has 0 fully saturated rings. The number of aromatic nitrogens is 4. The van der Waals surface area contributed by atoms with Gasteiger partial charge in [-0.15, -0.1) is 0 Å². The van der Waals surface area contributed by atoms with Crippen LogP contribution in [-0.4, -0.2) is 26.5 Å². The lowest BCUT2D eigenvalue weighted by Crippen LogP contribution is -2.06. The molecule has 0 aliphatic rings. The van der Waals surface area contributed by atoms with Crippen LogP contribution in [-0.2, 0) is 6.42 Å². The Kier molecular flexibility index (Phi) is 3.27. The minimum absolute atomic E-state index is 0.661. The Labute approximate surface area is 110 Å². The van der Waals surface area contributed by atoms with Crippen LogP contribution in [0.3, 0.4) is 0 Å². The first-order chi connectivity index (χ1) is 9.42. The SMILES string of the molecule is c1cncc(CCNc2ccc3nccnc3n2)c1. The van der Waals surface area contributed by atoms with E-state index in [1.54, 1.807) is 18.6 Å². The van der Waals surface area contributed by atoms with Crippen molar-refractivity contribution in [1.29, 1.82) is 0 Å². The number of anilines is 1. The molecule has 0 radical (unpaired) electrons. The van der Waals surface area contributed by atoms with E-state index in [4.69, 9.17) is 0 Å². The van der Waals surface area contributed by atoms with Crippen LogP contribution in [0.5, 0.6) is 0 Å². The first-order valence-electron chi connectivity index (χ1n) is 6.12. The third-order valence-corrected chi connectivity index (χ3v) is 2.77. The Bertz CT molecular complexity index is 669. The van der Waals surface area contributed by atoms with E-state index in [1.807, 2.05) is 24.4 Å². The van der Waals surface area contributed by atoms with Crippen LogP contribution in [0, 0.1) is 0 Å². The van der Waals surface area contributed by atoms with Crippen molar-refractivity contribution in [3.63, 3.8) is 0 Å². The topological polar surface area (TPSA) is 63.6 Å². The molecule has 5 heteroatoms. The lowest BCUT2D eigenvalue weighted by molar-refractivity contribution is 0.995. The van der Waals surface area contributed by atoms with Crippen molar-refractivity contribution in [3.05, 3.63) is 54.6 Å². The maximum atomic E-state index is 4.41. The summed E-state index contributed by atoms with van der Waals surface area (Å²) in [6.07, 6.45) is 7.88. The zero-order valence-electron chi connectivity index (χ0n) is 10.3. The standard InChI is InChI=1S/C14H13N5/c1-2-11(10-15-6-1)5-7-17-13-4-3-12-14(19-13)18-9-8-16-12/h1-4,6,8-10H,5,7H2,(H,17,18,19). The van der Waals surface area contributed by atoms with Gasteiger partial charge in [-0.25, -0.2) is 9.97 Å². The molecular weight excluding hydrogens is 238 g/mol. The van der Waals surface area contributed by atoms with Crippen LogP contribution in [0.1, 0.15) is 5.56 Å². The van der Waals surface area contributed by atoms with Gasteiger partial charge in [-0.1, -0.05) is 6.07 Å². The van der Waals surface area contributed by atoms with Crippen LogP contribution in [0.4, 0.5) is 5.82 Å². The normalized spacial score (nSPS) is 10.5. The third kappa shape index (κ3) is 2.82. The molecule has 3 rings (SSSR count). The summed E-state index contributed by atoms with van der Waals surface area (Å²) in [5, 5.41) is 3.28. The van der Waals surface area contributed by atoms with E-state index in [2.05, 4.69) is 31.3 Å². The van der Waals surface area contributed by atoms with Crippen LogP contribution in [0.25, 0.3) is 11.2 Å². The highest BCUT2D eigenvalue weighted by Gasteiger charge is 1.99. The summed E-state index contributed by atoms with van der Waals surface area (Å²) in [5.41, 5.74) is 2.67. The number of rotatable bonds is 4. The van der Waals surface area contributed by atoms with E-state index >= 15 is 0 Å². The first-order valence-corrected chi connectivity index (χ1v) is 6.12. The van der Waals surface area contributed by atoms with Gasteiger partial charge in [0.15, 0.2) is 5.65 Å². The molecular formula is C14H13N5. The van der Waals surface area contributed by atoms with Gasteiger partial charge in [0.2, 0.25) is 0 Å². The Morgan fingerprint density at radius 3 is 2.84 bits per heavy atom. The number of nitrogens with zero attached hydrogens (tertiary/aromatic N) is 4. The van der Waals surface area contributed by atoms with Crippen molar-refractivity contribution in [1.82, 2.24) is 19.9 Å². The third-order valence-electron chi connectivity index (χ3n) is 2.77. The minimum Gasteiger partial charge on any atom is -0.370 e. The van der Waals surface area contributed by atoms with Crippen molar-refractivity contribution in [2.75, 3.05) is 11.9 Å². The molecule has 0 amide bonds. The molecule has 5 nitrogen and oxygen atoms in total. The molecule has 3 aromatic heterocycles. The lowest BCUT2D eigenvalue weighted by atomic mass is 10.2. The van der Waals surface area contributed by atoms with Gasteiger partial charge in [-0.3, -0.25) is 9.97 Å². The average Bonchev–Trinajstić information content (AvgIpc) is 2.48. The van der Waals surface area contributed by atoms with Gasteiger partial charge in [0.05, 0.1) is 0 Å². The van der Waals surface area contributed by atoms with Crippen molar-refractivity contribution in [2.45, 2.75) is 6.42 Å². The monoisotopic (exact) mass is 251 g/mol. The number of nitrogens with one attached hydrogen (secondary N) is 1. The smallest absolute Gasteiger partial charge is 0.180 e. The number of hydrogen-bond acceptors (Lipinski definition) is 5. The predicted molar refractivity (Wildman–Crippen MR) is 73.8 cm³/mol. The van der Waals surface area contributed by atoms with E-state index in [0.29, 0.717) is 5.65 Å². The molecule has 19 heavy (non-hydrogen) atoms. The fourth-order valence-corrected chi connectivity index (χ4v) is 1.83. The average molecular weight is 251 g/mol. The van der Waals surface area contributed by atoms with Gasteiger partial charge >= 0.3 is 0 Å². The summed E-state index contributed by atoms with van der Waals surface area (Å²) >= 11 is 0. The van der Waals surface area contributed by atoms with Crippen LogP contribution in [0.2, 0.25) is 0 Å². The maximum absolute atomic E-state index is 4.41. The molecule has 0 unspecified atom stereocenters. The van der Waals surface area contributed by atoms with Crippen LogP contribution < -0.4 is 5.32 Å². The second-order valence-electron chi connectivity index (χ2n) is 4.13. The van der Waals surface area contributed by atoms with E-state index in [9.17, 15) is 0 Å². The Morgan fingerprint density at radius 2 is 1.95 bits per heavy atom. The molecule has 1 N–H and O–H groups in total. The molecule has 3 heterocycles. The molecule has 0 aliphatic carbocycles. The zero-order chi connectivity index (χ0) is 12.9. The van der Waals surface area contributed by atoms with E-state index in [1.165, 1.54) is 5.56 Å². The minimum atomic E-state index is 0.661. The Morgan fingerprint density at radius 1 is 1.00 bits per heavy atom. The second kappa shape index (κ2) is 5.39. The maximum Gasteiger partial charge on any atom is 0.180 e. The molecule has 0 aromatic carbocycles. The highest BCUT2D eigenvalue weighted by Crippen LogP contribution is 2.10. The summed E-state index contributed by atoms with van der Waals surface area (Å²) in [5.74, 6) is 0.817. The van der Waals surface area contributed by atoms with Gasteiger partial charge in [0, 0.05) is 31.3 Å². The highest BCUT2D eigenvalue weighted by atomic mass is 15.0. The predicted octanol–water partition coefficient (Wildman–Crippen LogP) is 2.07. The van der Waals surface area contributed by atoms with Crippen molar-refractivity contribution in [2.24, 2.45) is 0 Å². The molecule has 94 valence electrons. The summed E-state index contributed by atoms with van der Waals surface area (Å²) < 4.78 is 0. The van der Waals surface area contributed by atoms with Crippen LogP contribution >= 0.6 is 0 Å². The summed E-state index contributed by atoms with van der Waals surface area (Å²) in [7, 11) is 0. The van der Waals surface area contributed by atoms with Gasteiger partial charge in [0.1, 0.15) is 11.3 Å². The second-order valence-corrected chi connectivity index (χ2v) is 4.13. The van der Waals surface area contributed by atoms with Gasteiger partial charge in [-0.2, -0.15) is 0 Å². The molecule has 3 aromatic rings. The fraction of sp³-hybridized carbons (Fsp3) is 0.143. The Balaban J connectivity index is 1.65. The number of fused-ring (bicyclic) bond motifs is 1. The van der Waals surface area contributed by atoms with Crippen molar-refractivity contribution < 1.29 is 0 Å². The van der Waals surface area contributed by atoms with Crippen LogP contribution in [0.15, 0.2) is 49.1 Å². The van der Waals surface area contributed by atoms with E-state index in [-0.39, 0.29) is 0 Å². The summed E-state index contributed by atoms with van der Waals surface area (Å²) in [6, 6.07) is 7.84. The lowest BCUT2D eigenvalue weighted by Gasteiger charge is -2.05. The fourth-order valence-electron chi connectivity index (χ4n) is 1.83. The van der Waals surface area contributed by atoms with Gasteiger partial charge in [-0.05, 0) is 30.2 Å². The molecule has 0 bridgehead atoms. The number of hydrogen-bond donors (Lipinski definition) is 1. The molecule has 0 spiro atoms. The molecule has 0 atom stereocenters. The molecule has 0 saturated carbocycles. The highest BCUT2D eigenvalue weighted by molar-refractivity contribution is 5.71. The summed E-state index contributed by atoms with van der Waals surface area (Å²) in [6.45, 7) is 0.810. The van der Waals surface area contributed by atoms with Crippen molar-refractivity contribution >= 4 is 17.0 Å². The Hall–Kier alpha value is -2.56. The first kappa shape index (κ1) is 11.5. The van der Waals surface area contributed by atoms with Gasteiger partial charge in [0.25, 0.3) is 0 Å². The zero-order valence-corrected chi connectivity index (χ0v) is 10.3. The van der Waals surface area contributed by atoms with E-state index in [0.717, 1.165) is 24.3 Å². The quantitative estimate of drug-likeness (QED) is 0.769. The van der Waals surface area contributed by atoms with E-state index < -0.39 is 0 Å². The van der Waals surface area contributed by atoms with Crippen molar-refractivity contribution in [3.8, 4) is 0 Å². The largest absolute Gasteiger partial charge is 0.370 e. The number of pyridine rings is 2. The summed E-state index contributed by atoms with van der Waals surface area (Å²) in [4.78, 5) is 16.9. The molecule has 0 aliphatic heterocycles. The van der Waals surface area contributed by atoms with Gasteiger partial charge < -0.3 is 5.32 Å².